The van der Waals surface area contributed by atoms with Crippen LogP contribution in [0, 0.1) is 11.3 Å². The second-order valence-electron chi connectivity index (χ2n) is 2.34. The lowest BCUT2D eigenvalue weighted by molar-refractivity contribution is -0.139. The fourth-order valence-electron chi connectivity index (χ4n) is 0.531. The number of nitrogens with one attached hydrogen (secondary N) is 2. The Hall–Kier alpha value is -1.83. The van der Waals surface area contributed by atoms with Crippen LogP contribution in [0.3, 0.4) is 0 Å². The Balaban J connectivity index is 3.91. The van der Waals surface area contributed by atoms with Gasteiger partial charge >= 0.3 is 11.8 Å². The molecule has 0 aliphatic rings. The molecule has 13 heavy (non-hydrogen) atoms. The quantitative estimate of drug-likeness (QED) is 0.343. The van der Waals surface area contributed by atoms with E-state index in [2.05, 4.69) is 17.2 Å². The zero-order valence-electron chi connectivity index (χ0n) is 7.33. The first-order valence-corrected chi connectivity index (χ1v) is 3.70. The van der Waals surface area contributed by atoms with E-state index in [1.807, 2.05) is 0 Å². The van der Waals surface area contributed by atoms with Gasteiger partial charge < -0.3 is 10.6 Å². The van der Waals surface area contributed by atoms with Gasteiger partial charge in [-0.2, -0.15) is 5.26 Å². The van der Waals surface area contributed by atoms with Crippen LogP contribution in [0.25, 0.3) is 0 Å². The largest absolute Gasteiger partial charge is 0.342 e. The highest BCUT2D eigenvalue weighted by atomic mass is 16.2. The highest BCUT2D eigenvalue weighted by molar-refractivity contribution is 6.35. The second-order valence-corrected chi connectivity index (χ2v) is 2.34. The first-order chi connectivity index (χ1) is 6.11. The molecular weight excluding hydrogens is 170 g/mol. The molecule has 5 heteroatoms. The first-order valence-electron chi connectivity index (χ1n) is 3.70. The summed E-state index contributed by atoms with van der Waals surface area (Å²) < 4.78 is 0. The van der Waals surface area contributed by atoms with Crippen LogP contribution in [-0.4, -0.2) is 24.4 Å². The fourth-order valence-corrected chi connectivity index (χ4v) is 0.531. The van der Waals surface area contributed by atoms with E-state index in [9.17, 15) is 9.59 Å². The van der Waals surface area contributed by atoms with Gasteiger partial charge in [-0.05, 0) is 6.92 Å². The van der Waals surface area contributed by atoms with Gasteiger partial charge in [0.25, 0.3) is 0 Å². The van der Waals surface area contributed by atoms with Gasteiger partial charge in [0.05, 0.1) is 6.07 Å². The maximum atomic E-state index is 10.9. The molecule has 0 fully saturated rings. The summed E-state index contributed by atoms with van der Waals surface area (Å²) in [6.07, 6.45) is 1.50. The van der Waals surface area contributed by atoms with Crippen LogP contribution >= 0.6 is 0 Å². The summed E-state index contributed by atoms with van der Waals surface area (Å²) in [5.74, 6) is -1.57. The molecule has 0 radical (unpaired) electrons. The number of carbonyl (C=O) groups is 2. The number of nitrogens with zero attached hydrogens (tertiary/aromatic N) is 1. The number of hydrogen-bond acceptors (Lipinski definition) is 3. The van der Waals surface area contributed by atoms with E-state index < -0.39 is 11.8 Å². The van der Waals surface area contributed by atoms with Crippen molar-refractivity contribution in [2.45, 2.75) is 13.0 Å². The van der Waals surface area contributed by atoms with Gasteiger partial charge in [0.1, 0.15) is 6.54 Å². The van der Waals surface area contributed by atoms with Crippen molar-refractivity contribution >= 4 is 11.8 Å². The maximum Gasteiger partial charge on any atom is 0.310 e. The van der Waals surface area contributed by atoms with Crippen LogP contribution in [-0.2, 0) is 9.59 Å². The third-order valence-electron chi connectivity index (χ3n) is 1.25. The molecule has 0 rings (SSSR count). The monoisotopic (exact) mass is 181 g/mol. The predicted octanol–water partition coefficient (Wildman–Crippen LogP) is -0.683. The molecule has 0 aliphatic heterocycles. The molecule has 0 heterocycles. The lowest BCUT2D eigenvalue weighted by Gasteiger charge is -2.07. The number of hydrogen-bond donors (Lipinski definition) is 2. The van der Waals surface area contributed by atoms with Gasteiger partial charge in [0.15, 0.2) is 0 Å². The van der Waals surface area contributed by atoms with E-state index in [0.717, 1.165) is 0 Å². The Morgan fingerprint density at radius 2 is 2.23 bits per heavy atom. The summed E-state index contributed by atoms with van der Waals surface area (Å²) in [5.41, 5.74) is 0. The SMILES string of the molecule is C=CC(C)NC(=O)C(=O)NCC#N. The number of rotatable bonds is 3. The Labute approximate surface area is 76.4 Å². The molecule has 5 nitrogen and oxygen atoms in total. The molecule has 0 saturated carbocycles. The van der Waals surface area contributed by atoms with Crippen molar-refractivity contribution < 1.29 is 9.59 Å². The van der Waals surface area contributed by atoms with Crippen LogP contribution in [0.15, 0.2) is 12.7 Å². The average molecular weight is 181 g/mol. The molecule has 0 spiro atoms. The molecule has 70 valence electrons. The van der Waals surface area contributed by atoms with E-state index in [1.165, 1.54) is 6.08 Å². The minimum atomic E-state index is -0.810. The van der Waals surface area contributed by atoms with Crippen LogP contribution in [0.4, 0.5) is 0 Å². The lowest BCUT2D eigenvalue weighted by Crippen LogP contribution is -2.43. The molecule has 2 amide bonds. The number of nitriles is 1. The molecule has 2 N–H and O–H groups in total. The summed E-state index contributed by atoms with van der Waals surface area (Å²) in [6, 6.07) is 1.43. The fraction of sp³-hybridized carbons (Fsp3) is 0.375. The van der Waals surface area contributed by atoms with Gasteiger partial charge in [-0.25, -0.2) is 0 Å². The Bertz CT molecular complexity index is 255. The molecule has 0 aromatic heterocycles. The zero-order chi connectivity index (χ0) is 10.3. The van der Waals surface area contributed by atoms with Crippen molar-refractivity contribution in [3.05, 3.63) is 12.7 Å². The molecule has 0 aromatic rings. The van der Waals surface area contributed by atoms with E-state index in [-0.39, 0.29) is 12.6 Å². The molecule has 0 aliphatic carbocycles. The van der Waals surface area contributed by atoms with Gasteiger partial charge in [0, 0.05) is 6.04 Å². The topological polar surface area (TPSA) is 82.0 Å². The molecule has 1 unspecified atom stereocenters. The predicted molar refractivity (Wildman–Crippen MR) is 46.4 cm³/mol. The summed E-state index contributed by atoms with van der Waals surface area (Å²) in [6.45, 7) is 4.95. The van der Waals surface area contributed by atoms with Crippen molar-refractivity contribution in [3.8, 4) is 6.07 Å². The van der Waals surface area contributed by atoms with Crippen LogP contribution in [0.2, 0.25) is 0 Å². The summed E-state index contributed by atoms with van der Waals surface area (Å²) in [4.78, 5) is 21.8. The molecule has 0 saturated heterocycles. The van der Waals surface area contributed by atoms with E-state index >= 15 is 0 Å². The van der Waals surface area contributed by atoms with Crippen LogP contribution in [0.1, 0.15) is 6.92 Å². The number of amides is 2. The standard InChI is InChI=1S/C8H11N3O2/c1-3-6(2)11-8(13)7(12)10-5-4-9/h3,6H,1,5H2,2H3,(H,10,12)(H,11,13). The van der Waals surface area contributed by atoms with Gasteiger partial charge in [0.2, 0.25) is 0 Å². The van der Waals surface area contributed by atoms with Gasteiger partial charge in [-0.3, -0.25) is 9.59 Å². The first kappa shape index (κ1) is 11.2. The van der Waals surface area contributed by atoms with Crippen LogP contribution < -0.4 is 10.6 Å². The van der Waals surface area contributed by atoms with Crippen molar-refractivity contribution in [3.63, 3.8) is 0 Å². The van der Waals surface area contributed by atoms with Gasteiger partial charge in [-0.1, -0.05) is 6.08 Å². The number of carbonyl (C=O) groups excluding carboxylic acids is 2. The Kier molecular flexibility index (Phi) is 4.96. The molecule has 0 bridgehead atoms. The van der Waals surface area contributed by atoms with E-state index in [0.29, 0.717) is 0 Å². The zero-order valence-corrected chi connectivity index (χ0v) is 7.33. The molecular formula is C8H11N3O2. The van der Waals surface area contributed by atoms with Gasteiger partial charge in [-0.15, -0.1) is 6.58 Å². The van der Waals surface area contributed by atoms with E-state index in [4.69, 9.17) is 5.26 Å². The third kappa shape index (κ3) is 4.58. The highest BCUT2D eigenvalue weighted by Gasteiger charge is 2.13. The lowest BCUT2D eigenvalue weighted by atomic mass is 10.3. The molecule has 0 aromatic carbocycles. The Morgan fingerprint density at radius 1 is 1.62 bits per heavy atom. The van der Waals surface area contributed by atoms with E-state index in [1.54, 1.807) is 13.0 Å². The maximum absolute atomic E-state index is 10.9. The van der Waals surface area contributed by atoms with Crippen molar-refractivity contribution in [2.24, 2.45) is 0 Å². The van der Waals surface area contributed by atoms with Crippen LogP contribution in [0.5, 0.6) is 0 Å². The van der Waals surface area contributed by atoms with Crippen molar-refractivity contribution in [1.29, 1.82) is 5.26 Å². The smallest absolute Gasteiger partial charge is 0.310 e. The summed E-state index contributed by atoms with van der Waals surface area (Å²) in [7, 11) is 0. The molecule has 1 atom stereocenters. The minimum absolute atomic E-state index is 0.172. The second kappa shape index (κ2) is 5.77. The summed E-state index contributed by atoms with van der Waals surface area (Å²) >= 11 is 0. The summed E-state index contributed by atoms with van der Waals surface area (Å²) in [5, 5.41) is 12.6. The highest BCUT2D eigenvalue weighted by Crippen LogP contribution is 1.80. The Morgan fingerprint density at radius 3 is 2.69 bits per heavy atom. The van der Waals surface area contributed by atoms with Crippen molar-refractivity contribution in [2.75, 3.05) is 6.54 Å². The minimum Gasteiger partial charge on any atom is -0.342 e. The van der Waals surface area contributed by atoms with Crippen molar-refractivity contribution in [1.82, 2.24) is 10.6 Å². The third-order valence-corrected chi connectivity index (χ3v) is 1.25. The normalized spacial score (nSPS) is 10.8. The average Bonchev–Trinajstić information content (AvgIpc) is 2.13.